The second-order valence-corrected chi connectivity index (χ2v) is 6.23. The number of halogens is 1. The third-order valence-electron chi connectivity index (χ3n) is 2.60. The summed E-state index contributed by atoms with van der Waals surface area (Å²) in [6.45, 7) is 1.05. The van der Waals surface area contributed by atoms with Crippen molar-refractivity contribution < 1.29 is 5.11 Å². The zero-order chi connectivity index (χ0) is 9.97. The van der Waals surface area contributed by atoms with Crippen LogP contribution in [0.1, 0.15) is 17.7 Å². The van der Waals surface area contributed by atoms with E-state index < -0.39 is 0 Å². The molecule has 1 aliphatic rings. The molecule has 0 aromatic carbocycles. The third kappa shape index (κ3) is 2.57. The molecule has 4 heteroatoms. The summed E-state index contributed by atoms with van der Waals surface area (Å²) in [5.74, 6) is 0. The fraction of sp³-hybridized carbons (Fsp3) is 0.600. The number of rotatable bonds is 3. The molecular formula is C10H14BrNOS. The summed E-state index contributed by atoms with van der Waals surface area (Å²) in [4.78, 5) is 1.25. The van der Waals surface area contributed by atoms with E-state index in [1.807, 2.05) is 6.07 Å². The van der Waals surface area contributed by atoms with Gasteiger partial charge in [-0.15, -0.1) is 11.3 Å². The summed E-state index contributed by atoms with van der Waals surface area (Å²) in [6, 6.07) is 4.41. The first-order valence-corrected chi connectivity index (χ1v) is 6.52. The molecule has 0 saturated carbocycles. The second-order valence-electron chi connectivity index (χ2n) is 3.68. The Labute approximate surface area is 96.5 Å². The summed E-state index contributed by atoms with van der Waals surface area (Å²) in [5, 5.41) is 13.3. The monoisotopic (exact) mass is 275 g/mol. The van der Waals surface area contributed by atoms with Gasteiger partial charge in [-0.3, -0.25) is 0 Å². The van der Waals surface area contributed by atoms with E-state index in [0.717, 1.165) is 23.2 Å². The van der Waals surface area contributed by atoms with Crippen molar-refractivity contribution in [2.45, 2.75) is 31.4 Å². The molecule has 2 nitrogen and oxygen atoms in total. The summed E-state index contributed by atoms with van der Waals surface area (Å²) in [7, 11) is 0. The second kappa shape index (κ2) is 4.75. The highest BCUT2D eigenvalue weighted by Crippen LogP contribution is 2.24. The SMILES string of the molecule is OC(Cc1ccc(Br)s1)[C@H]1CCCN1. The predicted molar refractivity (Wildman–Crippen MR) is 62.8 cm³/mol. The fourth-order valence-corrected chi connectivity index (χ4v) is 3.38. The third-order valence-corrected chi connectivity index (χ3v) is 4.25. The van der Waals surface area contributed by atoms with Crippen LogP contribution in [0.3, 0.4) is 0 Å². The molecule has 1 aromatic rings. The van der Waals surface area contributed by atoms with Crippen molar-refractivity contribution in [1.82, 2.24) is 5.32 Å². The summed E-state index contributed by atoms with van der Waals surface area (Å²) < 4.78 is 1.14. The van der Waals surface area contributed by atoms with E-state index in [0.29, 0.717) is 6.04 Å². The maximum absolute atomic E-state index is 9.94. The first-order valence-electron chi connectivity index (χ1n) is 4.91. The Morgan fingerprint density at radius 1 is 1.64 bits per heavy atom. The van der Waals surface area contributed by atoms with Gasteiger partial charge < -0.3 is 10.4 Å². The molecule has 1 fully saturated rings. The van der Waals surface area contributed by atoms with E-state index >= 15 is 0 Å². The highest BCUT2D eigenvalue weighted by atomic mass is 79.9. The van der Waals surface area contributed by atoms with Crippen LogP contribution in [-0.4, -0.2) is 23.8 Å². The Hall–Kier alpha value is 0.1000. The van der Waals surface area contributed by atoms with Crippen molar-refractivity contribution in [2.24, 2.45) is 0 Å². The van der Waals surface area contributed by atoms with Gasteiger partial charge in [-0.2, -0.15) is 0 Å². The van der Waals surface area contributed by atoms with E-state index in [1.54, 1.807) is 11.3 Å². The average Bonchev–Trinajstić information content (AvgIpc) is 2.75. The molecule has 0 spiro atoms. The molecule has 0 amide bonds. The quantitative estimate of drug-likeness (QED) is 0.886. The van der Waals surface area contributed by atoms with Gasteiger partial charge in [-0.1, -0.05) is 0 Å². The van der Waals surface area contributed by atoms with Crippen LogP contribution in [0.4, 0.5) is 0 Å². The predicted octanol–water partition coefficient (Wildman–Crippen LogP) is 2.17. The van der Waals surface area contributed by atoms with Crippen LogP contribution < -0.4 is 5.32 Å². The fourth-order valence-electron chi connectivity index (χ4n) is 1.85. The van der Waals surface area contributed by atoms with Crippen LogP contribution in [0.15, 0.2) is 15.9 Å². The summed E-state index contributed by atoms with van der Waals surface area (Å²) >= 11 is 5.13. The lowest BCUT2D eigenvalue weighted by Gasteiger charge is -2.17. The first kappa shape index (κ1) is 10.6. The van der Waals surface area contributed by atoms with Crippen LogP contribution in [0.25, 0.3) is 0 Å². The lowest BCUT2D eigenvalue weighted by atomic mass is 10.1. The van der Waals surface area contributed by atoms with Crippen molar-refractivity contribution in [1.29, 1.82) is 0 Å². The minimum absolute atomic E-state index is 0.233. The van der Waals surface area contributed by atoms with Gasteiger partial charge in [0, 0.05) is 17.3 Å². The Kier molecular flexibility index (Phi) is 3.60. The van der Waals surface area contributed by atoms with E-state index in [2.05, 4.69) is 27.3 Å². The van der Waals surface area contributed by atoms with E-state index in [4.69, 9.17) is 0 Å². The molecule has 0 radical (unpaired) electrons. The van der Waals surface area contributed by atoms with Gasteiger partial charge in [0.2, 0.25) is 0 Å². The van der Waals surface area contributed by atoms with Crippen LogP contribution in [0.2, 0.25) is 0 Å². The number of hydrogen-bond donors (Lipinski definition) is 2. The Morgan fingerprint density at radius 2 is 2.50 bits per heavy atom. The normalized spacial score (nSPS) is 24.0. The standard InChI is InChI=1S/C10H14BrNOS/c11-10-4-3-7(14-10)6-9(13)8-2-1-5-12-8/h3-4,8-9,12-13H,1-2,5-6H2/t8-,9?/m1/s1. The van der Waals surface area contributed by atoms with Gasteiger partial charge in [0.05, 0.1) is 9.89 Å². The molecule has 2 atom stereocenters. The number of nitrogens with one attached hydrogen (secondary N) is 1. The van der Waals surface area contributed by atoms with Crippen molar-refractivity contribution in [3.8, 4) is 0 Å². The van der Waals surface area contributed by atoms with E-state index in [-0.39, 0.29) is 6.10 Å². The molecular weight excluding hydrogens is 262 g/mol. The lowest BCUT2D eigenvalue weighted by Crippen LogP contribution is -2.35. The van der Waals surface area contributed by atoms with Crippen molar-refractivity contribution in [2.75, 3.05) is 6.54 Å². The minimum atomic E-state index is -0.233. The van der Waals surface area contributed by atoms with Gasteiger partial charge >= 0.3 is 0 Å². The van der Waals surface area contributed by atoms with Gasteiger partial charge in [-0.05, 0) is 47.4 Å². The van der Waals surface area contributed by atoms with Gasteiger partial charge in [0.15, 0.2) is 0 Å². The van der Waals surface area contributed by atoms with Crippen molar-refractivity contribution in [3.63, 3.8) is 0 Å². The first-order chi connectivity index (χ1) is 6.75. The zero-order valence-corrected chi connectivity index (χ0v) is 10.3. The molecule has 0 aliphatic carbocycles. The topological polar surface area (TPSA) is 32.3 Å². The molecule has 2 heterocycles. The zero-order valence-electron chi connectivity index (χ0n) is 7.87. The molecule has 1 unspecified atom stereocenters. The summed E-state index contributed by atoms with van der Waals surface area (Å²) in [5.41, 5.74) is 0. The van der Waals surface area contributed by atoms with Crippen molar-refractivity contribution >= 4 is 27.3 Å². The number of aliphatic hydroxyl groups is 1. The van der Waals surface area contributed by atoms with Crippen LogP contribution in [-0.2, 0) is 6.42 Å². The molecule has 2 N–H and O–H groups in total. The van der Waals surface area contributed by atoms with Gasteiger partial charge in [-0.25, -0.2) is 0 Å². The van der Waals surface area contributed by atoms with Crippen LogP contribution in [0.5, 0.6) is 0 Å². The molecule has 1 aliphatic heterocycles. The van der Waals surface area contributed by atoms with Crippen molar-refractivity contribution in [3.05, 3.63) is 20.8 Å². The molecule has 78 valence electrons. The van der Waals surface area contributed by atoms with Gasteiger partial charge in [0.25, 0.3) is 0 Å². The number of hydrogen-bond acceptors (Lipinski definition) is 3. The van der Waals surface area contributed by atoms with E-state index in [1.165, 1.54) is 11.3 Å². The Morgan fingerprint density at radius 3 is 3.07 bits per heavy atom. The largest absolute Gasteiger partial charge is 0.391 e. The maximum Gasteiger partial charge on any atom is 0.0741 e. The van der Waals surface area contributed by atoms with Crippen LogP contribution >= 0.6 is 27.3 Å². The molecule has 0 bridgehead atoms. The van der Waals surface area contributed by atoms with Crippen LogP contribution in [0, 0.1) is 0 Å². The molecule has 14 heavy (non-hydrogen) atoms. The Balaban J connectivity index is 1.90. The van der Waals surface area contributed by atoms with E-state index in [9.17, 15) is 5.11 Å². The number of aliphatic hydroxyl groups excluding tert-OH is 1. The average molecular weight is 276 g/mol. The Bertz CT molecular complexity index is 296. The maximum atomic E-state index is 9.94. The molecule has 1 saturated heterocycles. The number of thiophene rings is 1. The minimum Gasteiger partial charge on any atom is -0.391 e. The molecule has 1 aromatic heterocycles. The smallest absolute Gasteiger partial charge is 0.0741 e. The highest BCUT2D eigenvalue weighted by molar-refractivity contribution is 9.11. The highest BCUT2D eigenvalue weighted by Gasteiger charge is 2.22. The molecule has 2 rings (SSSR count). The summed E-state index contributed by atoms with van der Waals surface area (Å²) in [6.07, 6.45) is 2.83. The van der Waals surface area contributed by atoms with Gasteiger partial charge in [0.1, 0.15) is 0 Å². The lowest BCUT2D eigenvalue weighted by molar-refractivity contribution is 0.137.